The molecule has 1 aliphatic carbocycles. The first-order valence-corrected chi connectivity index (χ1v) is 5.14. The van der Waals surface area contributed by atoms with E-state index in [0.717, 1.165) is 11.2 Å². The Bertz CT molecular complexity index is 72.6. The van der Waals surface area contributed by atoms with Gasteiger partial charge in [-0.1, -0.05) is 6.92 Å². The fourth-order valence-corrected chi connectivity index (χ4v) is 2.21. The maximum absolute atomic E-state index is 2.37. The molecule has 54 valence electrons. The molecule has 0 N–H and O–H groups in total. The van der Waals surface area contributed by atoms with Crippen LogP contribution >= 0.6 is 11.8 Å². The summed E-state index contributed by atoms with van der Waals surface area (Å²) in [7, 11) is 0. The van der Waals surface area contributed by atoms with Gasteiger partial charge in [0.15, 0.2) is 0 Å². The molecule has 0 unspecified atom stereocenters. The van der Waals surface area contributed by atoms with E-state index < -0.39 is 0 Å². The van der Waals surface area contributed by atoms with Crippen molar-refractivity contribution in [3.8, 4) is 0 Å². The Morgan fingerprint density at radius 3 is 2.11 bits per heavy atom. The van der Waals surface area contributed by atoms with E-state index in [0.29, 0.717) is 0 Å². The third-order valence-corrected chi connectivity index (χ3v) is 3.43. The molecule has 0 bridgehead atoms. The van der Waals surface area contributed by atoms with Gasteiger partial charge in [-0.15, -0.1) is 0 Å². The van der Waals surface area contributed by atoms with E-state index in [9.17, 15) is 0 Å². The van der Waals surface area contributed by atoms with E-state index >= 15 is 0 Å². The van der Waals surface area contributed by atoms with Crippen LogP contribution < -0.4 is 0 Å². The van der Waals surface area contributed by atoms with Crippen molar-refractivity contribution in [2.75, 3.05) is 6.26 Å². The Labute approximate surface area is 62.4 Å². The van der Waals surface area contributed by atoms with E-state index in [1.165, 1.54) is 25.7 Å². The number of thioether (sulfide) groups is 1. The van der Waals surface area contributed by atoms with Crippen LogP contribution in [0.3, 0.4) is 0 Å². The van der Waals surface area contributed by atoms with Crippen molar-refractivity contribution < 1.29 is 0 Å². The molecule has 1 heteroatoms. The van der Waals surface area contributed by atoms with Crippen molar-refractivity contribution in [1.29, 1.82) is 0 Å². The minimum atomic E-state index is 0.987. The Morgan fingerprint density at radius 2 is 1.67 bits per heavy atom. The lowest BCUT2D eigenvalue weighted by Gasteiger charge is -2.24. The third-order valence-electron chi connectivity index (χ3n) is 2.30. The Kier molecular flexibility index (Phi) is 2.90. The van der Waals surface area contributed by atoms with Crippen LogP contribution in [0.1, 0.15) is 32.6 Å². The highest BCUT2D eigenvalue weighted by molar-refractivity contribution is 7.99. The third kappa shape index (κ3) is 2.21. The maximum Gasteiger partial charge on any atom is 0.00444 e. The topological polar surface area (TPSA) is 0 Å². The van der Waals surface area contributed by atoms with E-state index in [-0.39, 0.29) is 0 Å². The molecule has 0 spiro atoms. The molecule has 0 heterocycles. The smallest absolute Gasteiger partial charge is 0.00444 e. The molecular weight excluding hydrogens is 128 g/mol. The molecule has 9 heavy (non-hydrogen) atoms. The lowest BCUT2D eigenvalue weighted by atomic mass is 9.91. The lowest BCUT2D eigenvalue weighted by molar-refractivity contribution is 0.393. The van der Waals surface area contributed by atoms with Gasteiger partial charge < -0.3 is 0 Å². The average Bonchev–Trinajstić information content (AvgIpc) is 1.90. The SMILES string of the molecule is CSC1CCC(C)CC1. The molecule has 0 atom stereocenters. The summed E-state index contributed by atoms with van der Waals surface area (Å²) in [5.74, 6) is 1.01. The van der Waals surface area contributed by atoms with Gasteiger partial charge in [0, 0.05) is 5.25 Å². The van der Waals surface area contributed by atoms with Gasteiger partial charge in [-0.05, 0) is 37.9 Å². The van der Waals surface area contributed by atoms with Gasteiger partial charge in [-0.25, -0.2) is 0 Å². The van der Waals surface area contributed by atoms with Crippen LogP contribution in [-0.4, -0.2) is 11.5 Å². The molecule has 0 aliphatic heterocycles. The number of rotatable bonds is 1. The molecule has 1 aliphatic rings. The van der Waals surface area contributed by atoms with Crippen molar-refractivity contribution in [2.45, 2.75) is 37.9 Å². The summed E-state index contributed by atoms with van der Waals surface area (Å²) in [5, 5.41) is 0.987. The predicted octanol–water partition coefficient (Wildman–Crippen LogP) is 2.93. The van der Waals surface area contributed by atoms with Crippen molar-refractivity contribution in [2.24, 2.45) is 5.92 Å². The summed E-state index contributed by atoms with van der Waals surface area (Å²) < 4.78 is 0. The summed E-state index contributed by atoms with van der Waals surface area (Å²) in [6.07, 6.45) is 8.09. The van der Waals surface area contributed by atoms with Crippen LogP contribution in [-0.2, 0) is 0 Å². The van der Waals surface area contributed by atoms with E-state index in [4.69, 9.17) is 0 Å². The van der Waals surface area contributed by atoms with Gasteiger partial charge in [0.1, 0.15) is 0 Å². The van der Waals surface area contributed by atoms with Gasteiger partial charge in [0.2, 0.25) is 0 Å². The Morgan fingerprint density at radius 1 is 1.11 bits per heavy atom. The zero-order valence-corrected chi connectivity index (χ0v) is 7.21. The van der Waals surface area contributed by atoms with Gasteiger partial charge in [0.25, 0.3) is 0 Å². The second-order valence-corrected chi connectivity index (χ2v) is 4.26. The van der Waals surface area contributed by atoms with Crippen LogP contribution in [0.25, 0.3) is 0 Å². The molecule has 0 nitrogen and oxygen atoms in total. The summed E-state index contributed by atoms with van der Waals surface area (Å²) in [4.78, 5) is 0. The first-order chi connectivity index (χ1) is 4.33. The van der Waals surface area contributed by atoms with Crippen molar-refractivity contribution in [1.82, 2.24) is 0 Å². The van der Waals surface area contributed by atoms with Crippen LogP contribution in [0, 0.1) is 5.92 Å². The molecule has 0 aromatic heterocycles. The Balaban J connectivity index is 2.18. The highest BCUT2D eigenvalue weighted by Crippen LogP contribution is 2.29. The summed E-state index contributed by atoms with van der Waals surface area (Å²) in [6.45, 7) is 2.37. The summed E-state index contributed by atoms with van der Waals surface area (Å²) >= 11 is 2.05. The molecule has 1 fully saturated rings. The van der Waals surface area contributed by atoms with Gasteiger partial charge in [-0.2, -0.15) is 11.8 Å². The monoisotopic (exact) mass is 144 g/mol. The number of hydrogen-bond donors (Lipinski definition) is 0. The predicted molar refractivity (Wildman–Crippen MR) is 44.9 cm³/mol. The lowest BCUT2D eigenvalue weighted by Crippen LogP contribution is -2.13. The quantitative estimate of drug-likeness (QED) is 0.545. The normalized spacial score (nSPS) is 36.7. The van der Waals surface area contributed by atoms with Crippen LogP contribution in [0.15, 0.2) is 0 Å². The minimum absolute atomic E-state index is 0.987. The van der Waals surface area contributed by atoms with E-state index in [1.54, 1.807) is 0 Å². The zero-order chi connectivity index (χ0) is 6.69. The van der Waals surface area contributed by atoms with Crippen molar-refractivity contribution >= 4 is 11.8 Å². The van der Waals surface area contributed by atoms with Crippen LogP contribution in [0.4, 0.5) is 0 Å². The standard InChI is InChI=1S/C8H16S/c1-7-3-5-8(9-2)6-4-7/h7-8H,3-6H2,1-2H3. The zero-order valence-electron chi connectivity index (χ0n) is 6.39. The average molecular weight is 144 g/mol. The molecule has 0 amide bonds. The molecule has 0 radical (unpaired) electrons. The Hall–Kier alpha value is 0.350. The van der Waals surface area contributed by atoms with Crippen LogP contribution in [0.2, 0.25) is 0 Å². The molecule has 0 aromatic rings. The maximum atomic E-state index is 2.37. The largest absolute Gasteiger partial charge is 0.162 e. The van der Waals surface area contributed by atoms with Crippen molar-refractivity contribution in [3.63, 3.8) is 0 Å². The fraction of sp³-hybridized carbons (Fsp3) is 1.00. The van der Waals surface area contributed by atoms with Gasteiger partial charge in [-0.3, -0.25) is 0 Å². The molecule has 1 rings (SSSR count). The molecule has 0 saturated heterocycles. The second-order valence-electron chi connectivity index (χ2n) is 3.12. The van der Waals surface area contributed by atoms with Gasteiger partial charge in [0.05, 0.1) is 0 Å². The van der Waals surface area contributed by atoms with Crippen LogP contribution in [0.5, 0.6) is 0 Å². The van der Waals surface area contributed by atoms with E-state index in [1.807, 2.05) is 11.8 Å². The first-order valence-electron chi connectivity index (χ1n) is 3.85. The number of hydrogen-bond acceptors (Lipinski definition) is 1. The second kappa shape index (κ2) is 3.50. The molecular formula is C8H16S. The summed E-state index contributed by atoms with van der Waals surface area (Å²) in [5.41, 5.74) is 0. The summed E-state index contributed by atoms with van der Waals surface area (Å²) in [6, 6.07) is 0. The van der Waals surface area contributed by atoms with E-state index in [2.05, 4.69) is 13.2 Å². The first kappa shape index (κ1) is 7.46. The molecule has 0 aromatic carbocycles. The highest BCUT2D eigenvalue weighted by Gasteiger charge is 2.16. The fourth-order valence-electron chi connectivity index (χ4n) is 1.47. The molecule has 1 saturated carbocycles. The minimum Gasteiger partial charge on any atom is -0.162 e. The van der Waals surface area contributed by atoms with Crippen molar-refractivity contribution in [3.05, 3.63) is 0 Å². The highest BCUT2D eigenvalue weighted by atomic mass is 32.2. The van der Waals surface area contributed by atoms with Gasteiger partial charge >= 0.3 is 0 Å².